The van der Waals surface area contributed by atoms with E-state index in [2.05, 4.69) is 30.4 Å². The second-order valence-corrected chi connectivity index (χ2v) is 5.92. The summed E-state index contributed by atoms with van der Waals surface area (Å²) < 4.78 is 0. The minimum Gasteiger partial charge on any atom is -0.385 e. The van der Waals surface area contributed by atoms with Crippen molar-refractivity contribution in [1.82, 2.24) is 0 Å². The first-order valence-electron chi connectivity index (χ1n) is 7.19. The van der Waals surface area contributed by atoms with Crippen LogP contribution in [0.2, 0.25) is 0 Å². The summed E-state index contributed by atoms with van der Waals surface area (Å²) >= 11 is 0. The largest absolute Gasteiger partial charge is 0.385 e. The number of anilines is 1. The molecule has 92 valence electrons. The van der Waals surface area contributed by atoms with E-state index in [1.807, 2.05) is 0 Å². The molecule has 1 fully saturated rings. The van der Waals surface area contributed by atoms with E-state index >= 15 is 0 Å². The lowest BCUT2D eigenvalue weighted by Gasteiger charge is -2.28. The summed E-state index contributed by atoms with van der Waals surface area (Å²) in [6.45, 7) is 3.56. The van der Waals surface area contributed by atoms with Gasteiger partial charge in [-0.2, -0.15) is 0 Å². The Bertz CT molecular complexity index is 397. The molecule has 1 N–H and O–H groups in total. The van der Waals surface area contributed by atoms with Gasteiger partial charge in [-0.05, 0) is 54.7 Å². The van der Waals surface area contributed by atoms with Crippen LogP contribution in [-0.2, 0) is 6.42 Å². The zero-order valence-corrected chi connectivity index (χ0v) is 10.8. The maximum absolute atomic E-state index is 3.55. The second-order valence-electron chi connectivity index (χ2n) is 5.92. The fraction of sp³-hybridized carbons (Fsp3) is 0.625. The monoisotopic (exact) mass is 229 g/mol. The molecule has 2 aliphatic rings. The van der Waals surface area contributed by atoms with Gasteiger partial charge in [0.05, 0.1) is 0 Å². The molecule has 0 radical (unpaired) electrons. The summed E-state index contributed by atoms with van der Waals surface area (Å²) in [5.74, 6) is 1.73. The summed E-state index contributed by atoms with van der Waals surface area (Å²) in [5.41, 5.74) is 4.50. The molecule has 0 amide bonds. The van der Waals surface area contributed by atoms with E-state index in [1.165, 1.54) is 49.8 Å². The lowest BCUT2D eigenvalue weighted by molar-refractivity contribution is 0.344. The van der Waals surface area contributed by atoms with Crippen LogP contribution in [0.15, 0.2) is 18.2 Å². The van der Waals surface area contributed by atoms with Gasteiger partial charge >= 0.3 is 0 Å². The number of aryl methyl sites for hydroxylation is 1. The van der Waals surface area contributed by atoms with Gasteiger partial charge in [0.2, 0.25) is 0 Å². The van der Waals surface area contributed by atoms with E-state index in [0.29, 0.717) is 0 Å². The normalized spacial score (nSPS) is 28.3. The van der Waals surface area contributed by atoms with Crippen LogP contribution >= 0.6 is 0 Å². The zero-order chi connectivity index (χ0) is 11.7. The van der Waals surface area contributed by atoms with Gasteiger partial charge in [0.1, 0.15) is 0 Å². The van der Waals surface area contributed by atoms with Crippen molar-refractivity contribution in [3.05, 3.63) is 29.3 Å². The lowest BCUT2D eigenvalue weighted by Crippen LogP contribution is -2.14. The Kier molecular flexibility index (Phi) is 3.09. The molecule has 0 bridgehead atoms. The molecular formula is C16H23N. The Hall–Kier alpha value is -0.980. The molecule has 1 nitrogen and oxygen atoms in total. The van der Waals surface area contributed by atoms with Crippen LogP contribution in [0.4, 0.5) is 5.69 Å². The lowest BCUT2D eigenvalue weighted by atomic mass is 9.78. The van der Waals surface area contributed by atoms with Gasteiger partial charge in [-0.1, -0.05) is 31.9 Å². The molecule has 1 heteroatoms. The Morgan fingerprint density at radius 3 is 3.00 bits per heavy atom. The van der Waals surface area contributed by atoms with E-state index in [4.69, 9.17) is 0 Å². The van der Waals surface area contributed by atoms with Gasteiger partial charge in [-0.3, -0.25) is 0 Å². The summed E-state index contributed by atoms with van der Waals surface area (Å²) in [4.78, 5) is 0. The Labute approximate surface area is 105 Å². The van der Waals surface area contributed by atoms with Crippen molar-refractivity contribution in [2.75, 3.05) is 11.9 Å². The molecule has 1 heterocycles. The number of nitrogens with one attached hydrogen (secondary N) is 1. The summed E-state index contributed by atoms with van der Waals surface area (Å²) in [6, 6.07) is 7.17. The van der Waals surface area contributed by atoms with Crippen molar-refractivity contribution in [2.45, 2.75) is 51.4 Å². The van der Waals surface area contributed by atoms with Crippen molar-refractivity contribution in [3.63, 3.8) is 0 Å². The van der Waals surface area contributed by atoms with Gasteiger partial charge < -0.3 is 5.32 Å². The van der Waals surface area contributed by atoms with Crippen LogP contribution in [0.25, 0.3) is 0 Å². The highest BCUT2D eigenvalue weighted by Crippen LogP contribution is 2.37. The molecule has 2 atom stereocenters. The zero-order valence-electron chi connectivity index (χ0n) is 10.8. The number of benzene rings is 1. The fourth-order valence-corrected chi connectivity index (χ4v) is 3.47. The van der Waals surface area contributed by atoms with Gasteiger partial charge in [-0.15, -0.1) is 0 Å². The highest BCUT2D eigenvalue weighted by Gasteiger charge is 2.21. The van der Waals surface area contributed by atoms with Crippen molar-refractivity contribution >= 4 is 5.69 Å². The minimum atomic E-state index is 0.813. The van der Waals surface area contributed by atoms with E-state index in [9.17, 15) is 0 Å². The van der Waals surface area contributed by atoms with Crippen LogP contribution in [0.3, 0.4) is 0 Å². The minimum absolute atomic E-state index is 0.813. The molecule has 1 aromatic rings. The first-order chi connectivity index (χ1) is 8.33. The molecule has 0 saturated heterocycles. The molecule has 1 aromatic carbocycles. The molecule has 3 rings (SSSR count). The maximum atomic E-state index is 3.55. The predicted octanol–water partition coefficient (Wildman–Crippen LogP) is 4.34. The van der Waals surface area contributed by atoms with Crippen LogP contribution in [-0.4, -0.2) is 6.54 Å². The number of hydrogen-bond donors (Lipinski definition) is 1. The molecule has 1 saturated carbocycles. The summed E-state index contributed by atoms with van der Waals surface area (Å²) in [5, 5.41) is 3.55. The van der Waals surface area contributed by atoms with E-state index in [-0.39, 0.29) is 0 Å². The first-order valence-corrected chi connectivity index (χ1v) is 7.19. The van der Waals surface area contributed by atoms with Crippen molar-refractivity contribution in [2.24, 2.45) is 5.92 Å². The van der Waals surface area contributed by atoms with Crippen LogP contribution in [0, 0.1) is 5.92 Å². The average molecular weight is 229 g/mol. The van der Waals surface area contributed by atoms with Gasteiger partial charge in [-0.25, -0.2) is 0 Å². The van der Waals surface area contributed by atoms with E-state index < -0.39 is 0 Å². The Balaban J connectivity index is 1.83. The highest BCUT2D eigenvalue weighted by molar-refractivity contribution is 5.55. The van der Waals surface area contributed by atoms with E-state index in [0.717, 1.165) is 18.4 Å². The number of fused-ring (bicyclic) bond motifs is 1. The molecule has 0 spiro atoms. The topological polar surface area (TPSA) is 12.0 Å². The highest BCUT2D eigenvalue weighted by atomic mass is 14.9. The molecular weight excluding hydrogens is 206 g/mol. The SMILES string of the molecule is CC1CCCC(c2ccc3c(c2)NCCC3)C1. The Morgan fingerprint density at radius 1 is 1.18 bits per heavy atom. The fourth-order valence-electron chi connectivity index (χ4n) is 3.47. The van der Waals surface area contributed by atoms with Gasteiger partial charge in [0.15, 0.2) is 0 Å². The van der Waals surface area contributed by atoms with Crippen molar-refractivity contribution < 1.29 is 0 Å². The first kappa shape index (κ1) is 11.1. The quantitative estimate of drug-likeness (QED) is 0.755. The smallest absolute Gasteiger partial charge is 0.0375 e. The van der Waals surface area contributed by atoms with Crippen molar-refractivity contribution in [1.29, 1.82) is 0 Å². The van der Waals surface area contributed by atoms with E-state index in [1.54, 1.807) is 5.56 Å². The molecule has 1 aliphatic carbocycles. The maximum Gasteiger partial charge on any atom is 0.0375 e. The second kappa shape index (κ2) is 4.72. The Morgan fingerprint density at radius 2 is 2.12 bits per heavy atom. The van der Waals surface area contributed by atoms with Crippen LogP contribution in [0.1, 0.15) is 56.1 Å². The van der Waals surface area contributed by atoms with Crippen molar-refractivity contribution in [3.8, 4) is 0 Å². The number of hydrogen-bond acceptors (Lipinski definition) is 1. The van der Waals surface area contributed by atoms with Crippen LogP contribution < -0.4 is 5.32 Å². The predicted molar refractivity (Wildman–Crippen MR) is 73.6 cm³/mol. The molecule has 17 heavy (non-hydrogen) atoms. The molecule has 0 aromatic heterocycles. The number of rotatable bonds is 1. The summed E-state index contributed by atoms with van der Waals surface area (Å²) in [7, 11) is 0. The third-order valence-corrected chi connectivity index (χ3v) is 4.48. The third-order valence-electron chi connectivity index (χ3n) is 4.48. The van der Waals surface area contributed by atoms with Gasteiger partial charge in [0.25, 0.3) is 0 Å². The summed E-state index contributed by atoms with van der Waals surface area (Å²) in [6.07, 6.45) is 8.16. The average Bonchev–Trinajstić information content (AvgIpc) is 2.38. The third kappa shape index (κ3) is 2.34. The van der Waals surface area contributed by atoms with Gasteiger partial charge in [0, 0.05) is 12.2 Å². The van der Waals surface area contributed by atoms with Crippen LogP contribution in [0.5, 0.6) is 0 Å². The standard InChI is InChI=1S/C16H23N/c1-12-4-2-5-14(10-12)15-8-7-13-6-3-9-17-16(13)11-15/h7-8,11-12,14,17H,2-6,9-10H2,1H3. The molecule has 1 aliphatic heterocycles. The molecule has 2 unspecified atom stereocenters.